The molecular formula is C18H18ClIN2O2. The van der Waals surface area contributed by atoms with Gasteiger partial charge in [0.2, 0.25) is 0 Å². The molecule has 126 valence electrons. The summed E-state index contributed by atoms with van der Waals surface area (Å²) in [5.41, 5.74) is 2.30. The van der Waals surface area contributed by atoms with Gasteiger partial charge in [-0.1, -0.05) is 41.9 Å². The Kier molecular flexibility index (Phi) is 4.68. The van der Waals surface area contributed by atoms with Gasteiger partial charge in [0, 0.05) is 23.0 Å². The number of pyridine rings is 1. The fourth-order valence-corrected chi connectivity index (χ4v) is 4.37. The molecule has 0 bridgehead atoms. The second kappa shape index (κ2) is 6.78. The number of hydrogen-bond donors (Lipinski definition) is 0. The lowest BCUT2D eigenvalue weighted by Gasteiger charge is -2.24. The zero-order valence-electron chi connectivity index (χ0n) is 13.2. The molecule has 4 rings (SSSR count). The lowest BCUT2D eigenvalue weighted by atomic mass is 10.1. The highest BCUT2D eigenvalue weighted by molar-refractivity contribution is 14.1. The Hall–Kier alpha value is -0.890. The molecule has 4 nitrogen and oxygen atoms in total. The summed E-state index contributed by atoms with van der Waals surface area (Å²) in [6.45, 7) is 2.87. The Balaban J connectivity index is 1.60. The number of benzene rings is 1. The van der Waals surface area contributed by atoms with Gasteiger partial charge in [-0.3, -0.25) is 0 Å². The molecule has 2 aliphatic rings. The van der Waals surface area contributed by atoms with E-state index in [0.29, 0.717) is 24.8 Å². The number of anilines is 1. The second-order valence-corrected chi connectivity index (χ2v) is 7.73. The van der Waals surface area contributed by atoms with E-state index in [1.165, 1.54) is 5.56 Å². The van der Waals surface area contributed by atoms with Crippen LogP contribution in [0.2, 0.25) is 5.02 Å². The van der Waals surface area contributed by atoms with E-state index in [9.17, 15) is 0 Å². The summed E-state index contributed by atoms with van der Waals surface area (Å²) in [4.78, 5) is 7.06. The molecule has 24 heavy (non-hydrogen) atoms. The molecule has 0 saturated carbocycles. The van der Waals surface area contributed by atoms with Crippen LogP contribution >= 0.6 is 34.2 Å². The molecule has 0 amide bonds. The van der Waals surface area contributed by atoms with Crippen LogP contribution < -0.4 is 4.90 Å². The van der Waals surface area contributed by atoms with E-state index in [2.05, 4.69) is 51.8 Å². The van der Waals surface area contributed by atoms with Gasteiger partial charge in [0.1, 0.15) is 5.82 Å². The van der Waals surface area contributed by atoms with Gasteiger partial charge in [-0.05, 0) is 34.2 Å². The van der Waals surface area contributed by atoms with Crippen LogP contribution in [0, 0.1) is 3.57 Å². The summed E-state index contributed by atoms with van der Waals surface area (Å²) in [7, 11) is 0. The maximum atomic E-state index is 6.49. The van der Waals surface area contributed by atoms with Crippen molar-refractivity contribution in [3.63, 3.8) is 0 Å². The van der Waals surface area contributed by atoms with Crippen molar-refractivity contribution >= 4 is 40.0 Å². The van der Waals surface area contributed by atoms with Crippen LogP contribution in [0.25, 0.3) is 0 Å². The van der Waals surface area contributed by atoms with Crippen LogP contribution in [0.15, 0.2) is 36.4 Å². The summed E-state index contributed by atoms with van der Waals surface area (Å²) in [6.07, 6.45) is 1.65. The maximum Gasteiger partial charge on any atom is 0.187 e. The SMILES string of the molecule is Clc1cc(I)c(Cc2ccccc2)nc1N1CCC2(C1)OCCO2. The maximum absolute atomic E-state index is 6.49. The van der Waals surface area contributed by atoms with E-state index < -0.39 is 5.79 Å². The minimum Gasteiger partial charge on any atom is -0.350 e. The average molecular weight is 457 g/mol. The topological polar surface area (TPSA) is 34.6 Å². The molecule has 1 spiro atoms. The predicted molar refractivity (Wildman–Crippen MR) is 103 cm³/mol. The van der Waals surface area contributed by atoms with Crippen LogP contribution in [0.4, 0.5) is 5.82 Å². The summed E-state index contributed by atoms with van der Waals surface area (Å²) in [5, 5.41) is 0.686. The molecule has 6 heteroatoms. The standard InChI is InChI=1S/C18H18ClIN2O2/c19-14-11-15(20)16(10-13-4-2-1-3-5-13)21-17(14)22-7-6-18(12-22)23-8-9-24-18/h1-5,11H,6-10,12H2. The Morgan fingerprint density at radius 1 is 1.21 bits per heavy atom. The van der Waals surface area contributed by atoms with Gasteiger partial charge in [0.05, 0.1) is 30.5 Å². The number of nitrogens with zero attached hydrogens (tertiary/aromatic N) is 2. The van der Waals surface area contributed by atoms with E-state index >= 15 is 0 Å². The smallest absolute Gasteiger partial charge is 0.187 e. The van der Waals surface area contributed by atoms with Crippen molar-refractivity contribution < 1.29 is 9.47 Å². The normalized spacial score (nSPS) is 19.3. The Bertz CT molecular complexity index is 735. The van der Waals surface area contributed by atoms with Crippen molar-refractivity contribution in [2.45, 2.75) is 18.6 Å². The van der Waals surface area contributed by atoms with Crippen molar-refractivity contribution in [3.8, 4) is 0 Å². The van der Waals surface area contributed by atoms with Crippen LogP contribution in [0.1, 0.15) is 17.7 Å². The van der Waals surface area contributed by atoms with E-state index in [-0.39, 0.29) is 0 Å². The molecule has 0 unspecified atom stereocenters. The Labute approximate surface area is 160 Å². The third kappa shape index (κ3) is 3.27. The van der Waals surface area contributed by atoms with Crippen LogP contribution in [-0.2, 0) is 15.9 Å². The molecule has 1 aromatic heterocycles. The number of hydrogen-bond acceptors (Lipinski definition) is 4. The van der Waals surface area contributed by atoms with Crippen molar-refractivity contribution in [1.82, 2.24) is 4.98 Å². The van der Waals surface area contributed by atoms with Gasteiger partial charge in [0.15, 0.2) is 5.79 Å². The molecule has 2 fully saturated rings. The molecule has 0 aliphatic carbocycles. The zero-order chi connectivity index (χ0) is 16.6. The molecule has 2 aromatic rings. The minimum absolute atomic E-state index is 0.465. The van der Waals surface area contributed by atoms with E-state index in [4.69, 9.17) is 26.1 Å². The van der Waals surface area contributed by atoms with E-state index in [1.807, 2.05) is 12.1 Å². The lowest BCUT2D eigenvalue weighted by Crippen LogP contribution is -2.34. The fourth-order valence-electron chi connectivity index (χ4n) is 3.30. The second-order valence-electron chi connectivity index (χ2n) is 6.16. The summed E-state index contributed by atoms with van der Waals surface area (Å²) < 4.78 is 12.7. The largest absolute Gasteiger partial charge is 0.350 e. The Morgan fingerprint density at radius 3 is 2.71 bits per heavy atom. The van der Waals surface area contributed by atoms with Crippen LogP contribution in [0.5, 0.6) is 0 Å². The molecule has 0 N–H and O–H groups in total. The van der Waals surface area contributed by atoms with Crippen LogP contribution in [0.3, 0.4) is 0 Å². The highest BCUT2D eigenvalue weighted by Crippen LogP contribution is 2.36. The lowest BCUT2D eigenvalue weighted by molar-refractivity contribution is -0.137. The van der Waals surface area contributed by atoms with Crippen molar-refractivity contribution in [2.75, 3.05) is 31.2 Å². The molecule has 1 aromatic carbocycles. The molecule has 2 saturated heterocycles. The number of rotatable bonds is 3. The van der Waals surface area contributed by atoms with Gasteiger partial charge < -0.3 is 14.4 Å². The summed E-state index contributed by atoms with van der Waals surface area (Å²) in [6, 6.07) is 12.4. The van der Waals surface area contributed by atoms with Crippen molar-refractivity contribution in [1.29, 1.82) is 0 Å². The highest BCUT2D eigenvalue weighted by atomic mass is 127. The molecular weight excluding hydrogens is 439 g/mol. The van der Waals surface area contributed by atoms with Gasteiger partial charge in [-0.2, -0.15) is 0 Å². The highest BCUT2D eigenvalue weighted by Gasteiger charge is 2.44. The molecule has 3 heterocycles. The van der Waals surface area contributed by atoms with Gasteiger partial charge in [-0.15, -0.1) is 0 Å². The van der Waals surface area contributed by atoms with E-state index in [0.717, 1.165) is 34.5 Å². The zero-order valence-corrected chi connectivity index (χ0v) is 16.1. The first-order valence-electron chi connectivity index (χ1n) is 8.07. The average Bonchev–Trinajstić information content (AvgIpc) is 3.21. The number of ether oxygens (including phenoxy) is 2. The quantitative estimate of drug-likeness (QED) is 0.657. The van der Waals surface area contributed by atoms with Gasteiger partial charge in [0.25, 0.3) is 0 Å². The van der Waals surface area contributed by atoms with Crippen LogP contribution in [-0.4, -0.2) is 37.1 Å². The first kappa shape index (κ1) is 16.6. The summed E-state index contributed by atoms with van der Waals surface area (Å²) >= 11 is 8.80. The first-order valence-corrected chi connectivity index (χ1v) is 9.53. The third-order valence-electron chi connectivity index (χ3n) is 4.51. The monoisotopic (exact) mass is 456 g/mol. The van der Waals surface area contributed by atoms with Gasteiger partial charge in [-0.25, -0.2) is 4.98 Å². The number of halogens is 2. The summed E-state index contributed by atoms with van der Waals surface area (Å²) in [5.74, 6) is 0.368. The third-order valence-corrected chi connectivity index (χ3v) is 5.72. The van der Waals surface area contributed by atoms with Gasteiger partial charge >= 0.3 is 0 Å². The molecule has 0 radical (unpaired) electrons. The number of aromatic nitrogens is 1. The first-order chi connectivity index (χ1) is 11.7. The fraction of sp³-hybridized carbons (Fsp3) is 0.389. The minimum atomic E-state index is -0.465. The van der Waals surface area contributed by atoms with Crippen molar-refractivity contribution in [3.05, 3.63) is 56.2 Å². The molecule has 2 aliphatic heterocycles. The van der Waals surface area contributed by atoms with Crippen molar-refractivity contribution in [2.24, 2.45) is 0 Å². The Morgan fingerprint density at radius 2 is 1.96 bits per heavy atom. The van der Waals surface area contributed by atoms with E-state index in [1.54, 1.807) is 0 Å². The predicted octanol–water partition coefficient (Wildman–Crippen LogP) is 3.88. The molecule has 0 atom stereocenters.